The Balaban J connectivity index is 1.47. The van der Waals surface area contributed by atoms with Gasteiger partial charge in [-0.15, -0.1) is 5.10 Å². The van der Waals surface area contributed by atoms with E-state index in [0.29, 0.717) is 23.5 Å². The van der Waals surface area contributed by atoms with Crippen molar-refractivity contribution >= 4 is 33.9 Å². The van der Waals surface area contributed by atoms with Crippen molar-refractivity contribution in [2.75, 3.05) is 5.32 Å². The van der Waals surface area contributed by atoms with Crippen molar-refractivity contribution in [1.82, 2.24) is 34.7 Å². The number of amides is 1. The fourth-order valence-electron chi connectivity index (χ4n) is 3.79. The summed E-state index contributed by atoms with van der Waals surface area (Å²) in [7, 11) is 1.89. The fourth-order valence-corrected chi connectivity index (χ4v) is 3.79. The van der Waals surface area contributed by atoms with E-state index in [4.69, 9.17) is 5.73 Å². The third-order valence-corrected chi connectivity index (χ3v) is 5.21. The Morgan fingerprint density at radius 3 is 3.00 bits per heavy atom. The second-order valence-electron chi connectivity index (χ2n) is 7.20. The first kappa shape index (κ1) is 16.6. The van der Waals surface area contributed by atoms with Gasteiger partial charge in [0.25, 0.3) is 0 Å². The standard InChI is InChI=1S/C18H19N9O/c1-26-9-11-7-13(4-5-14(11)24-26)27-17-15(23-25-27)8-20-18(22-17)21-12-3-2-10(6-12)16(19)28/h4-5,7-10,12H,2-3,6H2,1H3,(H2,19,28)(H,20,21,22)/t10-,12-/m1/s1. The first-order valence-corrected chi connectivity index (χ1v) is 9.15. The lowest BCUT2D eigenvalue weighted by molar-refractivity contribution is -0.121. The molecule has 1 aromatic carbocycles. The molecular weight excluding hydrogens is 358 g/mol. The molecule has 142 valence electrons. The maximum atomic E-state index is 11.4. The highest BCUT2D eigenvalue weighted by Gasteiger charge is 2.28. The molecule has 2 atom stereocenters. The molecular formula is C18H19N9O. The van der Waals surface area contributed by atoms with Crippen molar-refractivity contribution in [3.63, 3.8) is 0 Å². The van der Waals surface area contributed by atoms with Crippen LogP contribution in [0.5, 0.6) is 0 Å². The van der Waals surface area contributed by atoms with Gasteiger partial charge in [-0.2, -0.15) is 14.8 Å². The molecule has 1 amide bonds. The van der Waals surface area contributed by atoms with Crippen LogP contribution in [0, 0.1) is 5.92 Å². The third-order valence-electron chi connectivity index (χ3n) is 5.21. The van der Waals surface area contributed by atoms with Gasteiger partial charge in [0.15, 0.2) is 11.2 Å². The number of rotatable bonds is 4. The van der Waals surface area contributed by atoms with E-state index in [1.165, 1.54) is 0 Å². The van der Waals surface area contributed by atoms with Gasteiger partial charge in [-0.3, -0.25) is 9.48 Å². The number of nitrogens with zero attached hydrogens (tertiary/aromatic N) is 7. The van der Waals surface area contributed by atoms with E-state index < -0.39 is 0 Å². The molecule has 0 spiro atoms. The average molecular weight is 377 g/mol. The summed E-state index contributed by atoms with van der Waals surface area (Å²) in [6, 6.07) is 6.01. The Hall–Kier alpha value is -3.56. The van der Waals surface area contributed by atoms with Crippen molar-refractivity contribution in [3.05, 3.63) is 30.6 Å². The molecule has 10 nitrogen and oxygen atoms in total. The first-order valence-electron chi connectivity index (χ1n) is 9.15. The molecule has 1 saturated carbocycles. The molecule has 5 rings (SSSR count). The lowest BCUT2D eigenvalue weighted by Gasteiger charge is -2.12. The molecule has 0 bridgehead atoms. The molecule has 28 heavy (non-hydrogen) atoms. The van der Waals surface area contributed by atoms with Crippen LogP contribution in [0.3, 0.4) is 0 Å². The fraction of sp³-hybridized carbons (Fsp3) is 0.333. The van der Waals surface area contributed by atoms with Gasteiger partial charge in [0, 0.05) is 30.6 Å². The topological polar surface area (TPSA) is 129 Å². The second-order valence-corrected chi connectivity index (χ2v) is 7.20. The van der Waals surface area contributed by atoms with Crippen LogP contribution >= 0.6 is 0 Å². The van der Waals surface area contributed by atoms with Crippen LogP contribution in [-0.2, 0) is 11.8 Å². The Kier molecular flexibility index (Phi) is 3.71. The largest absolute Gasteiger partial charge is 0.369 e. The van der Waals surface area contributed by atoms with Crippen LogP contribution in [0.25, 0.3) is 27.8 Å². The van der Waals surface area contributed by atoms with Gasteiger partial charge in [0.2, 0.25) is 11.9 Å². The van der Waals surface area contributed by atoms with Gasteiger partial charge < -0.3 is 11.1 Å². The smallest absolute Gasteiger partial charge is 0.225 e. The molecule has 0 aliphatic heterocycles. The van der Waals surface area contributed by atoms with Crippen LogP contribution in [0.2, 0.25) is 0 Å². The van der Waals surface area contributed by atoms with Crippen LogP contribution < -0.4 is 11.1 Å². The van der Waals surface area contributed by atoms with Crippen LogP contribution in [-0.4, -0.2) is 46.7 Å². The number of fused-ring (bicyclic) bond motifs is 2. The number of carbonyl (C=O) groups is 1. The Labute approximate surface area is 159 Å². The van der Waals surface area contributed by atoms with E-state index in [9.17, 15) is 4.79 Å². The summed E-state index contributed by atoms with van der Waals surface area (Å²) in [5, 5.41) is 17.1. The zero-order chi connectivity index (χ0) is 19.3. The molecule has 0 saturated heterocycles. The van der Waals surface area contributed by atoms with E-state index >= 15 is 0 Å². The van der Waals surface area contributed by atoms with Crippen LogP contribution in [0.4, 0.5) is 5.95 Å². The molecule has 1 aliphatic rings. The van der Waals surface area contributed by atoms with E-state index in [0.717, 1.165) is 29.4 Å². The predicted molar refractivity (Wildman–Crippen MR) is 103 cm³/mol. The average Bonchev–Trinajstić information content (AvgIpc) is 3.38. The van der Waals surface area contributed by atoms with Crippen LogP contribution in [0.1, 0.15) is 19.3 Å². The molecule has 4 aromatic rings. The summed E-state index contributed by atoms with van der Waals surface area (Å²) in [4.78, 5) is 20.3. The summed E-state index contributed by atoms with van der Waals surface area (Å²) in [5.74, 6) is 0.169. The molecule has 1 aliphatic carbocycles. The maximum Gasteiger partial charge on any atom is 0.225 e. The number of benzene rings is 1. The summed E-state index contributed by atoms with van der Waals surface area (Å²) in [5.41, 5.74) is 8.40. The molecule has 3 heterocycles. The molecule has 0 unspecified atom stereocenters. The van der Waals surface area contributed by atoms with E-state index in [1.54, 1.807) is 15.6 Å². The summed E-state index contributed by atoms with van der Waals surface area (Å²) < 4.78 is 3.47. The normalized spacial score (nSPS) is 19.5. The number of hydrogen-bond acceptors (Lipinski definition) is 7. The highest BCUT2D eigenvalue weighted by Crippen LogP contribution is 2.27. The number of primary amides is 1. The Morgan fingerprint density at radius 1 is 1.29 bits per heavy atom. The molecule has 1 fully saturated rings. The molecule has 3 aromatic heterocycles. The highest BCUT2D eigenvalue weighted by molar-refractivity contribution is 5.81. The maximum absolute atomic E-state index is 11.4. The van der Waals surface area contributed by atoms with Gasteiger partial charge in [-0.25, -0.2) is 4.98 Å². The first-order chi connectivity index (χ1) is 13.6. The van der Waals surface area contributed by atoms with Gasteiger partial charge in [0.1, 0.15) is 0 Å². The zero-order valence-electron chi connectivity index (χ0n) is 15.3. The minimum Gasteiger partial charge on any atom is -0.369 e. The number of nitrogens with one attached hydrogen (secondary N) is 1. The number of anilines is 1. The van der Waals surface area contributed by atoms with Gasteiger partial charge in [-0.1, -0.05) is 5.21 Å². The number of aromatic nitrogens is 7. The van der Waals surface area contributed by atoms with Crippen molar-refractivity contribution < 1.29 is 4.79 Å². The Morgan fingerprint density at radius 2 is 2.18 bits per heavy atom. The Bertz CT molecular complexity index is 1190. The van der Waals surface area contributed by atoms with Crippen LogP contribution in [0.15, 0.2) is 30.6 Å². The molecule has 0 radical (unpaired) electrons. The summed E-state index contributed by atoms with van der Waals surface area (Å²) in [6.45, 7) is 0. The zero-order valence-corrected chi connectivity index (χ0v) is 15.3. The minimum atomic E-state index is -0.242. The van der Waals surface area contributed by atoms with E-state index in [-0.39, 0.29) is 17.9 Å². The minimum absolute atomic E-state index is 0.0837. The monoisotopic (exact) mass is 377 g/mol. The highest BCUT2D eigenvalue weighted by atomic mass is 16.1. The van der Waals surface area contributed by atoms with Gasteiger partial charge in [-0.05, 0) is 37.5 Å². The van der Waals surface area contributed by atoms with Gasteiger partial charge in [0.05, 0.1) is 17.4 Å². The van der Waals surface area contributed by atoms with Crippen molar-refractivity contribution in [1.29, 1.82) is 0 Å². The molecule has 3 N–H and O–H groups in total. The quantitative estimate of drug-likeness (QED) is 0.546. The van der Waals surface area contributed by atoms with E-state index in [2.05, 4.69) is 30.7 Å². The van der Waals surface area contributed by atoms with Crippen molar-refractivity contribution in [3.8, 4) is 5.69 Å². The number of hydrogen-bond donors (Lipinski definition) is 2. The SMILES string of the molecule is Cn1cc2cc(-n3nnc4cnc(N[C@@H]5CC[C@@H](C(N)=O)C5)nc43)ccc2n1. The third kappa shape index (κ3) is 2.82. The van der Waals surface area contributed by atoms with E-state index in [1.807, 2.05) is 31.4 Å². The predicted octanol–water partition coefficient (Wildman–Crippen LogP) is 1.16. The summed E-state index contributed by atoms with van der Waals surface area (Å²) >= 11 is 0. The number of nitrogens with two attached hydrogens (primary N) is 1. The second kappa shape index (κ2) is 6.25. The van der Waals surface area contributed by atoms with Crippen molar-refractivity contribution in [2.45, 2.75) is 25.3 Å². The number of aryl methyl sites for hydroxylation is 1. The van der Waals surface area contributed by atoms with Gasteiger partial charge >= 0.3 is 0 Å². The van der Waals surface area contributed by atoms with Crippen molar-refractivity contribution in [2.24, 2.45) is 18.7 Å². The molecule has 10 heteroatoms. The lowest BCUT2D eigenvalue weighted by Crippen LogP contribution is -2.23. The number of carbonyl (C=O) groups excluding carboxylic acids is 1. The summed E-state index contributed by atoms with van der Waals surface area (Å²) in [6.07, 6.45) is 5.96. The lowest BCUT2D eigenvalue weighted by atomic mass is 10.1.